The van der Waals surface area contributed by atoms with Gasteiger partial charge in [-0.3, -0.25) is 14.5 Å². The van der Waals surface area contributed by atoms with Crippen molar-refractivity contribution in [1.82, 2.24) is 15.1 Å². The first-order chi connectivity index (χ1) is 18.4. The molecule has 2 aromatic carbocycles. The van der Waals surface area contributed by atoms with Gasteiger partial charge >= 0.3 is 12.1 Å². The highest BCUT2D eigenvalue weighted by Crippen LogP contribution is 2.44. The van der Waals surface area contributed by atoms with Gasteiger partial charge in [-0.15, -0.1) is 0 Å². The molecule has 2 aromatic rings. The van der Waals surface area contributed by atoms with Crippen molar-refractivity contribution in [3.63, 3.8) is 0 Å². The Balaban J connectivity index is 1.25. The van der Waals surface area contributed by atoms with E-state index in [9.17, 15) is 24.3 Å². The number of carboxylic acids is 1. The molecule has 200 valence electrons. The first-order valence-electron chi connectivity index (χ1n) is 13.0. The molecule has 5 rings (SSSR count). The summed E-state index contributed by atoms with van der Waals surface area (Å²) in [6.07, 6.45) is 1.50. The Hall–Kier alpha value is -3.92. The maximum atomic E-state index is 13.5. The number of carbonyl (C=O) groups excluding carboxylic acids is 3. The molecule has 0 bridgehead atoms. The number of rotatable bonds is 7. The molecule has 0 unspecified atom stereocenters. The number of nitrogens with zero attached hydrogens (tertiary/aromatic N) is 2. The third kappa shape index (κ3) is 4.71. The minimum absolute atomic E-state index is 0.0940. The summed E-state index contributed by atoms with van der Waals surface area (Å²) >= 11 is 0. The van der Waals surface area contributed by atoms with Crippen molar-refractivity contribution in [2.24, 2.45) is 0 Å². The predicted octanol–water partition coefficient (Wildman–Crippen LogP) is 1.95. The van der Waals surface area contributed by atoms with Gasteiger partial charge in [0.2, 0.25) is 11.8 Å². The first-order valence-corrected chi connectivity index (χ1v) is 13.0. The number of aliphatic hydroxyl groups is 1. The molecule has 3 atom stereocenters. The first kappa shape index (κ1) is 25.7. The van der Waals surface area contributed by atoms with E-state index in [0.717, 1.165) is 22.3 Å². The van der Waals surface area contributed by atoms with Gasteiger partial charge in [0.25, 0.3) is 0 Å². The van der Waals surface area contributed by atoms with Gasteiger partial charge in [-0.1, -0.05) is 48.5 Å². The van der Waals surface area contributed by atoms with Crippen molar-refractivity contribution in [1.29, 1.82) is 0 Å². The maximum absolute atomic E-state index is 13.5. The predicted molar refractivity (Wildman–Crippen MR) is 136 cm³/mol. The summed E-state index contributed by atoms with van der Waals surface area (Å²) in [7, 11) is 0. The summed E-state index contributed by atoms with van der Waals surface area (Å²) < 4.78 is 5.78. The second-order valence-electron chi connectivity index (χ2n) is 9.93. The molecule has 3 N–H and O–H groups in total. The smallest absolute Gasteiger partial charge is 0.410 e. The molecule has 2 heterocycles. The molecule has 10 heteroatoms. The van der Waals surface area contributed by atoms with E-state index in [1.54, 1.807) is 0 Å². The molecule has 3 amide bonds. The number of amides is 3. The largest absolute Gasteiger partial charge is 0.480 e. The second-order valence-corrected chi connectivity index (χ2v) is 9.93. The second kappa shape index (κ2) is 10.8. The zero-order valence-electron chi connectivity index (χ0n) is 20.9. The van der Waals surface area contributed by atoms with Crippen LogP contribution < -0.4 is 5.32 Å². The molecule has 2 saturated heterocycles. The number of benzene rings is 2. The van der Waals surface area contributed by atoms with Crippen LogP contribution in [0, 0.1) is 0 Å². The quantitative estimate of drug-likeness (QED) is 0.507. The molecule has 2 aliphatic heterocycles. The van der Waals surface area contributed by atoms with Crippen LogP contribution in [0.2, 0.25) is 0 Å². The fraction of sp³-hybridized carbons (Fsp3) is 0.429. The van der Waals surface area contributed by atoms with E-state index in [4.69, 9.17) is 9.84 Å². The molecule has 2 fully saturated rings. The van der Waals surface area contributed by atoms with Gasteiger partial charge in [-0.05, 0) is 47.9 Å². The average molecular weight is 522 g/mol. The van der Waals surface area contributed by atoms with E-state index < -0.39 is 42.7 Å². The minimum Gasteiger partial charge on any atom is -0.480 e. The fourth-order valence-corrected chi connectivity index (χ4v) is 5.87. The topological polar surface area (TPSA) is 136 Å². The SMILES string of the molecule is O=C(O)[C@H](CO)NC(=O)[C@@H]1CCCN1C(=O)[C@@H]1CCCN1C(=O)OCC1c2ccccc2-c2ccccc21. The molecule has 0 spiro atoms. The van der Waals surface area contributed by atoms with E-state index in [1.807, 2.05) is 36.4 Å². The lowest BCUT2D eigenvalue weighted by molar-refractivity contribution is -0.145. The van der Waals surface area contributed by atoms with Gasteiger partial charge in [-0.2, -0.15) is 0 Å². The van der Waals surface area contributed by atoms with Crippen molar-refractivity contribution >= 4 is 23.9 Å². The zero-order valence-corrected chi connectivity index (χ0v) is 20.9. The third-order valence-electron chi connectivity index (χ3n) is 7.74. The normalized spacial score (nSPS) is 21.1. The number of aliphatic carboxylic acids is 1. The van der Waals surface area contributed by atoms with Crippen LogP contribution in [0.1, 0.15) is 42.7 Å². The van der Waals surface area contributed by atoms with Gasteiger partial charge < -0.3 is 25.2 Å². The lowest BCUT2D eigenvalue weighted by Crippen LogP contribution is -2.55. The van der Waals surface area contributed by atoms with Gasteiger partial charge in [0.05, 0.1) is 6.61 Å². The molecule has 0 radical (unpaired) electrons. The van der Waals surface area contributed by atoms with Crippen LogP contribution >= 0.6 is 0 Å². The molecule has 0 saturated carbocycles. The van der Waals surface area contributed by atoms with Crippen LogP contribution in [0.4, 0.5) is 4.79 Å². The Morgan fingerprint density at radius 1 is 0.895 bits per heavy atom. The monoisotopic (exact) mass is 521 g/mol. The Kier molecular flexibility index (Phi) is 7.33. The van der Waals surface area contributed by atoms with Crippen molar-refractivity contribution in [2.45, 2.75) is 49.7 Å². The van der Waals surface area contributed by atoms with Crippen LogP contribution in [-0.4, -0.2) is 88.3 Å². The van der Waals surface area contributed by atoms with E-state index >= 15 is 0 Å². The number of carbonyl (C=O) groups is 4. The van der Waals surface area contributed by atoms with E-state index in [1.165, 1.54) is 9.80 Å². The Labute approximate surface area is 220 Å². The summed E-state index contributed by atoms with van der Waals surface area (Å²) in [6.45, 7) is 0.114. The van der Waals surface area contributed by atoms with E-state index in [0.29, 0.717) is 38.8 Å². The average Bonchev–Trinajstić information content (AvgIpc) is 3.67. The zero-order chi connectivity index (χ0) is 26.8. The summed E-state index contributed by atoms with van der Waals surface area (Å²) in [6, 6.07) is 13.1. The van der Waals surface area contributed by atoms with Crippen molar-refractivity contribution in [2.75, 3.05) is 26.3 Å². The van der Waals surface area contributed by atoms with Gasteiger partial charge in [0.1, 0.15) is 24.7 Å². The van der Waals surface area contributed by atoms with Crippen LogP contribution in [0.5, 0.6) is 0 Å². The number of hydrogen-bond acceptors (Lipinski definition) is 6. The highest BCUT2D eigenvalue weighted by atomic mass is 16.6. The van der Waals surface area contributed by atoms with Gasteiger partial charge in [0, 0.05) is 19.0 Å². The molecule has 3 aliphatic rings. The summed E-state index contributed by atoms with van der Waals surface area (Å²) in [4.78, 5) is 53.5. The van der Waals surface area contributed by atoms with Crippen LogP contribution in [0.25, 0.3) is 11.1 Å². The molecule has 0 aromatic heterocycles. The van der Waals surface area contributed by atoms with Crippen LogP contribution in [0.15, 0.2) is 48.5 Å². The lowest BCUT2D eigenvalue weighted by Gasteiger charge is -2.31. The van der Waals surface area contributed by atoms with Crippen molar-refractivity contribution in [3.05, 3.63) is 59.7 Å². The molecule has 10 nitrogen and oxygen atoms in total. The Morgan fingerprint density at radius 3 is 2.08 bits per heavy atom. The summed E-state index contributed by atoms with van der Waals surface area (Å²) in [5, 5.41) is 20.7. The van der Waals surface area contributed by atoms with Crippen LogP contribution in [0.3, 0.4) is 0 Å². The molecule has 38 heavy (non-hydrogen) atoms. The Bertz CT molecular complexity index is 1200. The number of hydrogen-bond donors (Lipinski definition) is 3. The fourth-order valence-electron chi connectivity index (χ4n) is 5.87. The third-order valence-corrected chi connectivity index (χ3v) is 7.74. The molecular weight excluding hydrogens is 490 g/mol. The van der Waals surface area contributed by atoms with Crippen molar-refractivity contribution in [3.8, 4) is 11.1 Å². The highest BCUT2D eigenvalue weighted by molar-refractivity contribution is 5.93. The number of fused-ring (bicyclic) bond motifs is 3. The van der Waals surface area contributed by atoms with Crippen molar-refractivity contribution < 1.29 is 34.1 Å². The van der Waals surface area contributed by atoms with Crippen LogP contribution in [-0.2, 0) is 19.1 Å². The lowest BCUT2D eigenvalue weighted by atomic mass is 9.98. The molecule has 1 aliphatic carbocycles. The number of nitrogens with one attached hydrogen (secondary N) is 1. The minimum atomic E-state index is -1.44. The van der Waals surface area contributed by atoms with E-state index in [2.05, 4.69) is 17.4 Å². The summed E-state index contributed by atoms with van der Waals surface area (Å²) in [5.74, 6) is -2.41. The van der Waals surface area contributed by atoms with E-state index in [-0.39, 0.29) is 18.4 Å². The number of carboxylic acid groups (broad SMARTS) is 1. The maximum Gasteiger partial charge on any atom is 0.410 e. The number of ether oxygens (including phenoxy) is 1. The molecular formula is C28H31N3O7. The highest BCUT2D eigenvalue weighted by Gasteiger charge is 2.43. The Morgan fingerprint density at radius 2 is 1.47 bits per heavy atom. The summed E-state index contributed by atoms with van der Waals surface area (Å²) in [5.41, 5.74) is 4.46. The number of likely N-dealkylation sites (tertiary alicyclic amines) is 2. The standard InChI is InChI=1S/C28H31N3O7/c32-15-22(27(35)36)29-25(33)23-11-5-13-30(23)26(34)24-12-6-14-31(24)28(37)38-16-21-19-9-3-1-7-17(19)18-8-2-4-10-20(18)21/h1-4,7-10,21-24,32H,5-6,11-16H2,(H,29,33)(H,35,36)/t22-,23-,24-/m0/s1. The van der Waals surface area contributed by atoms with Gasteiger partial charge in [-0.25, -0.2) is 9.59 Å². The van der Waals surface area contributed by atoms with Gasteiger partial charge in [0.15, 0.2) is 0 Å². The number of aliphatic hydroxyl groups excluding tert-OH is 1.